The number of likely N-dealkylation sites (tertiary alicyclic amines) is 1. The molecule has 1 saturated heterocycles. The first-order chi connectivity index (χ1) is 22.1. The van der Waals surface area contributed by atoms with E-state index in [-0.39, 0.29) is 54.0 Å². The van der Waals surface area contributed by atoms with Gasteiger partial charge in [0.05, 0.1) is 12.6 Å². The number of carbonyl (C=O) groups excluding carboxylic acids is 6. The van der Waals surface area contributed by atoms with Gasteiger partial charge < -0.3 is 30.9 Å². The zero-order valence-electron chi connectivity index (χ0n) is 29.2. The van der Waals surface area contributed by atoms with E-state index in [2.05, 4.69) is 35.1 Å². The quantitative estimate of drug-likeness (QED) is 0.234. The predicted octanol–water partition coefficient (Wildman–Crippen LogP) is 3.36. The summed E-state index contributed by atoms with van der Waals surface area (Å²) in [6.07, 6.45) is 9.72. The fraction of sp³-hybridized carbons (Fsp3) is 0.829. The van der Waals surface area contributed by atoms with Crippen LogP contribution >= 0.6 is 0 Å². The minimum absolute atomic E-state index is 0.0779. The lowest BCUT2D eigenvalue weighted by Crippen LogP contribution is -2.60. The summed E-state index contributed by atoms with van der Waals surface area (Å²) in [5, 5.41) is 11.0. The Labute approximate surface area is 279 Å². The van der Waals surface area contributed by atoms with Crippen LogP contribution in [0.3, 0.4) is 0 Å². The monoisotopic (exact) mass is 659 g/mol. The number of Topliss-reactive ketones (excluding diaryl/α,β-unsaturated/α-hetero) is 1. The van der Waals surface area contributed by atoms with Crippen LogP contribution in [-0.4, -0.2) is 83.3 Å². The fourth-order valence-corrected chi connectivity index (χ4v) is 8.02. The zero-order chi connectivity index (χ0) is 34.5. The third-order valence-corrected chi connectivity index (χ3v) is 10.6. The molecule has 12 nitrogen and oxygen atoms in total. The molecule has 1 aliphatic heterocycles. The molecule has 264 valence electrons. The standard InChI is InChI=1S/C35H57N5O7/c1-7-14-24(29(42)31(44)36-19-25(41)37-22-17-12-9-13-18-22)38-30(43)28-26-23(35(26,5)6)20-40(28)32(45)27(21-15-10-8-11-16-21)39-33(46)47-34(2,3)4/h21-24,26-28H,7-20H2,1-6H3,(H,36,44)(H,37,41)(H,38,43)(H,39,46)/t23-,24?,26-,27?,28+/m1/s1. The maximum absolute atomic E-state index is 14.3. The lowest BCUT2D eigenvalue weighted by Gasteiger charge is -2.37. The minimum atomic E-state index is -1.10. The van der Waals surface area contributed by atoms with Gasteiger partial charge in [0, 0.05) is 12.6 Å². The van der Waals surface area contributed by atoms with Gasteiger partial charge in [-0.1, -0.05) is 65.7 Å². The molecule has 0 aromatic heterocycles. The van der Waals surface area contributed by atoms with Crippen LogP contribution in [0.5, 0.6) is 0 Å². The molecule has 5 atom stereocenters. The van der Waals surface area contributed by atoms with Gasteiger partial charge in [0.1, 0.15) is 17.7 Å². The second-order valence-corrected chi connectivity index (χ2v) is 15.7. The predicted molar refractivity (Wildman–Crippen MR) is 176 cm³/mol. The summed E-state index contributed by atoms with van der Waals surface area (Å²) in [5.41, 5.74) is -0.913. The molecule has 0 aromatic rings. The molecule has 1 heterocycles. The van der Waals surface area contributed by atoms with Gasteiger partial charge in [0.25, 0.3) is 5.91 Å². The highest BCUT2D eigenvalue weighted by molar-refractivity contribution is 6.38. The number of fused-ring (bicyclic) bond motifs is 1. The number of nitrogens with one attached hydrogen (secondary N) is 4. The lowest BCUT2D eigenvalue weighted by atomic mass is 9.83. The number of ether oxygens (including phenoxy) is 1. The lowest BCUT2D eigenvalue weighted by molar-refractivity contribution is -0.145. The molecule has 4 N–H and O–H groups in total. The smallest absolute Gasteiger partial charge is 0.408 e. The highest BCUT2D eigenvalue weighted by Gasteiger charge is 2.69. The van der Waals surface area contributed by atoms with Crippen molar-refractivity contribution in [3.8, 4) is 0 Å². The molecule has 0 bridgehead atoms. The van der Waals surface area contributed by atoms with E-state index >= 15 is 0 Å². The third kappa shape index (κ3) is 9.25. The summed E-state index contributed by atoms with van der Waals surface area (Å²) in [5.74, 6) is -2.98. The Morgan fingerprint density at radius 3 is 2.11 bits per heavy atom. The van der Waals surface area contributed by atoms with E-state index in [0.717, 1.165) is 64.2 Å². The topological polar surface area (TPSA) is 163 Å². The highest BCUT2D eigenvalue weighted by atomic mass is 16.6. The molecule has 2 unspecified atom stereocenters. The van der Waals surface area contributed by atoms with Crippen molar-refractivity contribution in [1.82, 2.24) is 26.2 Å². The number of ketones is 1. The number of amides is 5. The summed E-state index contributed by atoms with van der Waals surface area (Å²) < 4.78 is 5.51. The minimum Gasteiger partial charge on any atom is -0.444 e. The van der Waals surface area contributed by atoms with E-state index < -0.39 is 47.4 Å². The molecule has 4 aliphatic rings. The van der Waals surface area contributed by atoms with E-state index in [1.165, 1.54) is 0 Å². The van der Waals surface area contributed by atoms with Gasteiger partial charge in [0.2, 0.25) is 23.5 Å². The van der Waals surface area contributed by atoms with Crippen LogP contribution in [-0.2, 0) is 28.7 Å². The number of hydrogen-bond donors (Lipinski definition) is 4. The summed E-state index contributed by atoms with van der Waals surface area (Å²) in [7, 11) is 0. The number of nitrogens with zero attached hydrogens (tertiary/aromatic N) is 1. The molecule has 0 radical (unpaired) electrons. The molecule has 3 aliphatic carbocycles. The van der Waals surface area contributed by atoms with Gasteiger partial charge in [-0.05, 0) is 76.0 Å². The highest BCUT2D eigenvalue weighted by Crippen LogP contribution is 2.65. The maximum Gasteiger partial charge on any atom is 0.408 e. The molecule has 0 aromatic carbocycles. The first-order valence-electron chi connectivity index (χ1n) is 17.9. The van der Waals surface area contributed by atoms with Gasteiger partial charge in [-0.15, -0.1) is 0 Å². The van der Waals surface area contributed by atoms with Crippen LogP contribution in [0.4, 0.5) is 4.79 Å². The molecule has 12 heteroatoms. The number of hydrogen-bond acceptors (Lipinski definition) is 7. The molecule has 4 rings (SSSR count). The van der Waals surface area contributed by atoms with Crippen LogP contribution in [0, 0.1) is 23.2 Å². The van der Waals surface area contributed by atoms with Crippen molar-refractivity contribution in [2.75, 3.05) is 13.1 Å². The largest absolute Gasteiger partial charge is 0.444 e. The second-order valence-electron chi connectivity index (χ2n) is 15.7. The van der Waals surface area contributed by atoms with E-state index in [4.69, 9.17) is 4.74 Å². The Kier molecular flexibility index (Phi) is 12.0. The average molecular weight is 660 g/mol. The normalized spacial score (nSPS) is 25.5. The SMILES string of the molecule is CCCC(NC(=O)[C@@H]1[C@H]2[C@@H](CN1C(=O)C(NC(=O)OC(C)(C)C)C1CCCCC1)C2(C)C)C(=O)C(=O)NCC(=O)NC1CCCCC1. The van der Waals surface area contributed by atoms with Crippen LogP contribution in [0.2, 0.25) is 0 Å². The number of piperidine rings is 1. The third-order valence-electron chi connectivity index (χ3n) is 10.6. The van der Waals surface area contributed by atoms with Crippen LogP contribution in [0.25, 0.3) is 0 Å². The summed E-state index contributed by atoms with van der Waals surface area (Å²) in [4.78, 5) is 81.3. The van der Waals surface area contributed by atoms with Gasteiger partial charge in [-0.2, -0.15) is 0 Å². The average Bonchev–Trinajstić information content (AvgIpc) is 3.33. The van der Waals surface area contributed by atoms with E-state index in [1.807, 2.05) is 6.92 Å². The molecule has 0 spiro atoms. The first kappa shape index (κ1) is 36.7. The van der Waals surface area contributed by atoms with Crippen molar-refractivity contribution in [1.29, 1.82) is 0 Å². The summed E-state index contributed by atoms with van der Waals surface area (Å²) in [6, 6.07) is -2.69. The molecule has 47 heavy (non-hydrogen) atoms. The van der Waals surface area contributed by atoms with Gasteiger partial charge in [-0.25, -0.2) is 4.79 Å². The number of carbonyl (C=O) groups is 6. The summed E-state index contributed by atoms with van der Waals surface area (Å²) in [6.45, 7) is 11.3. The Morgan fingerprint density at radius 2 is 1.51 bits per heavy atom. The Bertz CT molecular complexity index is 1190. The van der Waals surface area contributed by atoms with E-state index in [0.29, 0.717) is 13.0 Å². The second kappa shape index (κ2) is 15.4. The first-order valence-corrected chi connectivity index (χ1v) is 17.9. The van der Waals surface area contributed by atoms with Crippen molar-refractivity contribution in [3.63, 3.8) is 0 Å². The van der Waals surface area contributed by atoms with Crippen molar-refractivity contribution in [3.05, 3.63) is 0 Å². The van der Waals surface area contributed by atoms with Crippen molar-refractivity contribution in [2.24, 2.45) is 23.2 Å². The summed E-state index contributed by atoms with van der Waals surface area (Å²) >= 11 is 0. The Balaban J connectivity index is 1.44. The van der Waals surface area contributed by atoms with Crippen molar-refractivity contribution >= 4 is 35.5 Å². The van der Waals surface area contributed by atoms with Crippen LogP contribution in [0.1, 0.15) is 119 Å². The Morgan fingerprint density at radius 1 is 0.894 bits per heavy atom. The molecular weight excluding hydrogens is 602 g/mol. The van der Waals surface area contributed by atoms with Crippen LogP contribution in [0.15, 0.2) is 0 Å². The van der Waals surface area contributed by atoms with Gasteiger partial charge >= 0.3 is 6.09 Å². The van der Waals surface area contributed by atoms with Crippen molar-refractivity contribution < 1.29 is 33.5 Å². The molecule has 3 saturated carbocycles. The van der Waals surface area contributed by atoms with E-state index in [9.17, 15) is 28.8 Å². The molecule has 5 amide bonds. The molecule has 4 fully saturated rings. The van der Waals surface area contributed by atoms with Crippen LogP contribution < -0.4 is 21.3 Å². The number of alkyl carbamates (subject to hydrolysis) is 1. The number of rotatable bonds is 12. The maximum atomic E-state index is 14.3. The zero-order valence-corrected chi connectivity index (χ0v) is 29.2. The molecular formula is C35H57N5O7. The van der Waals surface area contributed by atoms with Gasteiger partial charge in [-0.3, -0.25) is 24.0 Å². The van der Waals surface area contributed by atoms with E-state index in [1.54, 1.807) is 25.7 Å². The fourth-order valence-electron chi connectivity index (χ4n) is 8.02. The van der Waals surface area contributed by atoms with Crippen molar-refractivity contribution in [2.45, 2.75) is 148 Å². The van der Waals surface area contributed by atoms with Gasteiger partial charge in [0.15, 0.2) is 0 Å². The Hall–Kier alpha value is -3.18.